The Morgan fingerprint density at radius 1 is 0.838 bits per heavy atom. The van der Waals surface area contributed by atoms with Gasteiger partial charge in [0.2, 0.25) is 0 Å². The van der Waals surface area contributed by atoms with Crippen LogP contribution in [0.1, 0.15) is 42.6 Å². The van der Waals surface area contributed by atoms with Gasteiger partial charge in [-0.15, -0.1) is 0 Å². The molecule has 0 radical (unpaired) electrons. The van der Waals surface area contributed by atoms with Gasteiger partial charge < -0.3 is 10.2 Å². The molecule has 5 heteroatoms. The van der Waals surface area contributed by atoms with Crippen LogP contribution in [0.5, 0.6) is 0 Å². The molecule has 1 unspecified atom stereocenters. The third-order valence-electron chi connectivity index (χ3n) is 6.39. The zero-order valence-electron chi connectivity index (χ0n) is 21.9. The third kappa shape index (κ3) is 8.58. The number of carbonyl (C=O) groups is 1. The Kier molecular flexibility index (Phi) is 11.4. The SMILES string of the molecule is C=CC=N/C=C\C.CC(c1ccccc1)N1CCN(C(=O)NC(c2ccccc2)c2ccccc2)CC1. The number of hydrogen-bond donors (Lipinski definition) is 1. The Hall–Kier alpha value is -3.96. The Labute approximate surface area is 221 Å². The van der Waals surface area contributed by atoms with Gasteiger partial charge in [0.25, 0.3) is 0 Å². The summed E-state index contributed by atoms with van der Waals surface area (Å²) in [6, 6.07) is 31.1. The van der Waals surface area contributed by atoms with Crippen molar-refractivity contribution < 1.29 is 4.79 Å². The van der Waals surface area contributed by atoms with Crippen LogP contribution in [0.2, 0.25) is 0 Å². The average molecular weight is 495 g/mol. The summed E-state index contributed by atoms with van der Waals surface area (Å²) in [5, 5.41) is 3.26. The lowest BCUT2D eigenvalue weighted by molar-refractivity contribution is 0.113. The van der Waals surface area contributed by atoms with E-state index in [2.05, 4.69) is 77.2 Å². The number of rotatable bonds is 7. The van der Waals surface area contributed by atoms with Crippen LogP contribution < -0.4 is 5.32 Å². The zero-order valence-corrected chi connectivity index (χ0v) is 21.9. The molecule has 1 atom stereocenters. The number of nitrogens with one attached hydrogen (secondary N) is 1. The molecule has 37 heavy (non-hydrogen) atoms. The van der Waals surface area contributed by atoms with Crippen molar-refractivity contribution in [2.45, 2.75) is 25.9 Å². The fraction of sp³-hybridized carbons (Fsp3) is 0.250. The van der Waals surface area contributed by atoms with E-state index in [1.807, 2.05) is 60.4 Å². The third-order valence-corrected chi connectivity index (χ3v) is 6.39. The number of benzene rings is 3. The van der Waals surface area contributed by atoms with Gasteiger partial charge in [0.05, 0.1) is 6.04 Å². The van der Waals surface area contributed by atoms with Crippen LogP contribution in [0.4, 0.5) is 4.79 Å². The maximum atomic E-state index is 13.1. The Morgan fingerprint density at radius 3 is 1.78 bits per heavy atom. The van der Waals surface area contributed by atoms with E-state index in [-0.39, 0.29) is 12.1 Å². The van der Waals surface area contributed by atoms with Gasteiger partial charge in [-0.25, -0.2) is 4.79 Å². The highest BCUT2D eigenvalue weighted by atomic mass is 16.2. The first kappa shape index (κ1) is 27.6. The van der Waals surface area contributed by atoms with Gasteiger partial charge >= 0.3 is 6.03 Å². The minimum atomic E-state index is -0.152. The standard InChI is InChI=1S/C26H29N3O.C6H9N/c1-21(22-11-5-2-6-12-22)28-17-19-29(20-18-28)26(30)27-25(23-13-7-3-8-14-23)24-15-9-4-10-16-24;1-3-5-7-6-4-2/h2-16,21,25H,17-20H2,1H3,(H,27,30);3-6H,1H2,2H3/b;6-4-,7-5?. The number of urea groups is 1. The molecule has 5 nitrogen and oxygen atoms in total. The van der Waals surface area contributed by atoms with Crippen molar-refractivity contribution in [1.29, 1.82) is 0 Å². The molecule has 0 bridgehead atoms. The van der Waals surface area contributed by atoms with Gasteiger partial charge in [-0.2, -0.15) is 0 Å². The Bertz CT molecular complexity index is 1080. The second-order valence-electron chi connectivity index (χ2n) is 8.83. The van der Waals surface area contributed by atoms with E-state index in [1.54, 1.807) is 18.5 Å². The van der Waals surface area contributed by atoms with Gasteiger partial charge in [0.15, 0.2) is 0 Å². The topological polar surface area (TPSA) is 47.9 Å². The van der Waals surface area contributed by atoms with Gasteiger partial charge in [-0.3, -0.25) is 9.89 Å². The predicted octanol–water partition coefficient (Wildman–Crippen LogP) is 6.64. The Balaban J connectivity index is 0.000000479. The summed E-state index contributed by atoms with van der Waals surface area (Å²) in [7, 11) is 0. The number of carbonyl (C=O) groups excluding carboxylic acids is 1. The maximum absolute atomic E-state index is 13.1. The zero-order chi connectivity index (χ0) is 26.3. The van der Waals surface area contributed by atoms with Crippen LogP contribution in [-0.2, 0) is 0 Å². The van der Waals surface area contributed by atoms with Crippen molar-refractivity contribution in [2.24, 2.45) is 4.99 Å². The van der Waals surface area contributed by atoms with Crippen molar-refractivity contribution in [2.75, 3.05) is 26.2 Å². The first-order valence-electron chi connectivity index (χ1n) is 12.8. The van der Waals surface area contributed by atoms with Crippen LogP contribution in [-0.4, -0.2) is 48.2 Å². The van der Waals surface area contributed by atoms with E-state index in [0.717, 1.165) is 37.3 Å². The van der Waals surface area contributed by atoms with E-state index < -0.39 is 0 Å². The summed E-state index contributed by atoms with van der Waals surface area (Å²) in [6.45, 7) is 10.8. The number of piperazine rings is 1. The highest BCUT2D eigenvalue weighted by molar-refractivity contribution is 5.75. The maximum Gasteiger partial charge on any atom is 0.318 e. The van der Waals surface area contributed by atoms with Crippen LogP contribution in [0, 0.1) is 0 Å². The van der Waals surface area contributed by atoms with Crippen LogP contribution in [0.15, 0.2) is 121 Å². The Morgan fingerprint density at radius 2 is 1.32 bits per heavy atom. The molecule has 2 amide bonds. The fourth-order valence-corrected chi connectivity index (χ4v) is 4.32. The summed E-state index contributed by atoms with van der Waals surface area (Å²) < 4.78 is 0. The fourth-order valence-electron chi connectivity index (χ4n) is 4.32. The number of aliphatic imine (C=N–C) groups is 1. The minimum Gasteiger partial charge on any atom is -0.327 e. The highest BCUT2D eigenvalue weighted by Gasteiger charge is 2.26. The molecule has 1 saturated heterocycles. The minimum absolute atomic E-state index is 0.000259. The molecule has 0 saturated carbocycles. The molecule has 1 N–H and O–H groups in total. The largest absolute Gasteiger partial charge is 0.327 e. The molecule has 0 aliphatic carbocycles. The van der Waals surface area contributed by atoms with E-state index in [1.165, 1.54) is 5.56 Å². The number of nitrogens with zero attached hydrogens (tertiary/aromatic N) is 3. The van der Waals surface area contributed by atoms with Gasteiger partial charge in [-0.05, 0) is 30.5 Å². The van der Waals surface area contributed by atoms with Crippen LogP contribution in [0.25, 0.3) is 0 Å². The molecule has 0 aromatic heterocycles. The van der Waals surface area contributed by atoms with Crippen molar-refractivity contribution in [3.05, 3.63) is 133 Å². The molecule has 1 aliphatic heterocycles. The summed E-state index contributed by atoms with van der Waals surface area (Å²) in [5.74, 6) is 0. The molecular weight excluding hydrogens is 456 g/mol. The van der Waals surface area contributed by atoms with E-state index in [9.17, 15) is 4.79 Å². The number of hydrogen-bond acceptors (Lipinski definition) is 3. The van der Waals surface area contributed by atoms with Crippen molar-refractivity contribution in [3.8, 4) is 0 Å². The van der Waals surface area contributed by atoms with Crippen molar-refractivity contribution in [1.82, 2.24) is 15.1 Å². The molecule has 1 aliphatic rings. The van der Waals surface area contributed by atoms with E-state index >= 15 is 0 Å². The van der Waals surface area contributed by atoms with Crippen molar-refractivity contribution in [3.63, 3.8) is 0 Å². The molecule has 4 rings (SSSR count). The first-order valence-corrected chi connectivity index (χ1v) is 12.8. The number of allylic oxidation sites excluding steroid dienone is 2. The smallest absolute Gasteiger partial charge is 0.318 e. The lowest BCUT2D eigenvalue weighted by Crippen LogP contribution is -2.52. The predicted molar refractivity (Wildman–Crippen MR) is 155 cm³/mol. The molecule has 192 valence electrons. The molecule has 1 fully saturated rings. The average Bonchev–Trinajstić information content (AvgIpc) is 2.97. The quantitative estimate of drug-likeness (QED) is 0.374. The second kappa shape index (κ2) is 15.2. The molecule has 1 heterocycles. The van der Waals surface area contributed by atoms with Gasteiger partial charge in [0, 0.05) is 44.6 Å². The van der Waals surface area contributed by atoms with Crippen LogP contribution in [0.3, 0.4) is 0 Å². The first-order chi connectivity index (χ1) is 18.1. The van der Waals surface area contributed by atoms with E-state index in [0.29, 0.717) is 6.04 Å². The molecule has 0 spiro atoms. The summed E-state index contributed by atoms with van der Waals surface area (Å²) in [5.41, 5.74) is 3.50. The second-order valence-corrected chi connectivity index (χ2v) is 8.83. The number of amides is 2. The molecule has 3 aromatic rings. The van der Waals surface area contributed by atoms with E-state index in [4.69, 9.17) is 0 Å². The van der Waals surface area contributed by atoms with Crippen LogP contribution >= 0.6 is 0 Å². The van der Waals surface area contributed by atoms with Gasteiger partial charge in [0.1, 0.15) is 0 Å². The summed E-state index contributed by atoms with van der Waals surface area (Å²) in [6.07, 6.45) is 6.85. The molecular formula is C32H38N4O. The normalized spacial score (nSPS) is 14.8. The lowest BCUT2D eigenvalue weighted by Gasteiger charge is -2.38. The molecule has 3 aromatic carbocycles. The van der Waals surface area contributed by atoms with Gasteiger partial charge in [-0.1, -0.05) is 110 Å². The van der Waals surface area contributed by atoms with Crippen molar-refractivity contribution >= 4 is 12.2 Å². The monoisotopic (exact) mass is 494 g/mol. The lowest BCUT2D eigenvalue weighted by atomic mass is 9.99. The summed E-state index contributed by atoms with van der Waals surface area (Å²) >= 11 is 0. The highest BCUT2D eigenvalue weighted by Crippen LogP contribution is 2.24. The summed E-state index contributed by atoms with van der Waals surface area (Å²) in [4.78, 5) is 21.3.